The lowest BCUT2D eigenvalue weighted by Crippen LogP contribution is -2.43. The Hall–Kier alpha value is -3.05. The topological polar surface area (TPSA) is 49.4 Å². The van der Waals surface area contributed by atoms with Crippen LogP contribution in [0.25, 0.3) is 0 Å². The summed E-state index contributed by atoms with van der Waals surface area (Å²) in [5.41, 5.74) is 1.82. The first-order valence-corrected chi connectivity index (χ1v) is 11.5. The smallest absolute Gasteiger partial charge is 0.240 e. The van der Waals surface area contributed by atoms with Gasteiger partial charge in [-0.25, -0.2) is 0 Å². The molecule has 1 saturated heterocycles. The van der Waals surface area contributed by atoms with Gasteiger partial charge in [0.1, 0.15) is 5.25 Å². The van der Waals surface area contributed by atoms with E-state index in [2.05, 4.69) is 5.32 Å². The van der Waals surface area contributed by atoms with Gasteiger partial charge in [0.2, 0.25) is 11.8 Å². The molecular formula is C26H26N2O2S. The first-order chi connectivity index (χ1) is 15.2. The third kappa shape index (κ3) is 5.56. The minimum Gasteiger partial charge on any atom is -0.341 e. The van der Waals surface area contributed by atoms with Crippen molar-refractivity contribution < 1.29 is 9.59 Å². The van der Waals surface area contributed by atoms with Crippen LogP contribution in [-0.4, -0.2) is 29.8 Å². The van der Waals surface area contributed by atoms with Crippen LogP contribution in [-0.2, 0) is 9.59 Å². The van der Waals surface area contributed by atoms with Crippen LogP contribution in [0.5, 0.6) is 0 Å². The van der Waals surface area contributed by atoms with Crippen molar-refractivity contribution in [1.29, 1.82) is 0 Å². The minimum absolute atomic E-state index is 0.0385. The number of hydrogen-bond acceptors (Lipinski definition) is 3. The summed E-state index contributed by atoms with van der Waals surface area (Å²) in [6, 6.07) is 29.5. The molecule has 1 unspecified atom stereocenters. The van der Waals surface area contributed by atoms with E-state index in [1.54, 1.807) is 11.8 Å². The van der Waals surface area contributed by atoms with Gasteiger partial charge in [0.15, 0.2) is 0 Å². The second kappa shape index (κ2) is 10.3. The molecule has 4 nitrogen and oxygen atoms in total. The largest absolute Gasteiger partial charge is 0.341 e. The predicted molar refractivity (Wildman–Crippen MR) is 126 cm³/mol. The van der Waals surface area contributed by atoms with Crippen LogP contribution in [0.4, 0.5) is 5.69 Å². The van der Waals surface area contributed by atoms with Crippen LogP contribution in [0.15, 0.2) is 95.9 Å². The number of likely N-dealkylation sites (tertiary alicyclic amines) is 1. The van der Waals surface area contributed by atoms with Crippen molar-refractivity contribution in [2.24, 2.45) is 5.92 Å². The Labute approximate surface area is 187 Å². The SMILES string of the molecule is O=C(Nc1ccccc1)C1CCN(C(=O)C(Sc2ccccc2)c2ccccc2)CC1. The Morgan fingerprint density at radius 2 is 1.35 bits per heavy atom. The van der Waals surface area contributed by atoms with Crippen LogP contribution in [0.1, 0.15) is 23.7 Å². The third-order valence-electron chi connectivity index (χ3n) is 5.54. The molecule has 5 heteroatoms. The van der Waals surface area contributed by atoms with E-state index in [1.807, 2.05) is 95.9 Å². The van der Waals surface area contributed by atoms with Gasteiger partial charge in [-0.2, -0.15) is 0 Å². The number of piperidine rings is 1. The summed E-state index contributed by atoms with van der Waals surface area (Å²) in [7, 11) is 0. The highest BCUT2D eigenvalue weighted by Gasteiger charge is 2.32. The van der Waals surface area contributed by atoms with Crippen molar-refractivity contribution in [2.75, 3.05) is 18.4 Å². The zero-order valence-corrected chi connectivity index (χ0v) is 18.1. The number of carbonyl (C=O) groups excluding carboxylic acids is 2. The van der Waals surface area contributed by atoms with Gasteiger partial charge in [-0.05, 0) is 42.7 Å². The second-order valence-electron chi connectivity index (χ2n) is 7.68. The maximum Gasteiger partial charge on any atom is 0.240 e. The maximum atomic E-state index is 13.5. The molecular weight excluding hydrogens is 404 g/mol. The van der Waals surface area contributed by atoms with Gasteiger partial charge < -0.3 is 10.2 Å². The van der Waals surface area contributed by atoms with E-state index >= 15 is 0 Å². The van der Waals surface area contributed by atoms with Crippen LogP contribution in [0.3, 0.4) is 0 Å². The van der Waals surface area contributed by atoms with Crippen molar-refractivity contribution in [1.82, 2.24) is 4.90 Å². The predicted octanol–water partition coefficient (Wildman–Crippen LogP) is 5.40. The molecule has 0 spiro atoms. The summed E-state index contributed by atoms with van der Waals surface area (Å²) >= 11 is 1.58. The van der Waals surface area contributed by atoms with Crippen molar-refractivity contribution in [2.45, 2.75) is 23.0 Å². The van der Waals surface area contributed by atoms with Crippen molar-refractivity contribution in [3.8, 4) is 0 Å². The second-order valence-corrected chi connectivity index (χ2v) is 8.85. The number of nitrogens with zero attached hydrogens (tertiary/aromatic N) is 1. The Bertz CT molecular complexity index is 988. The molecule has 158 valence electrons. The Kier molecular flexibility index (Phi) is 7.05. The summed E-state index contributed by atoms with van der Waals surface area (Å²) in [6.07, 6.45) is 1.36. The van der Waals surface area contributed by atoms with Gasteiger partial charge in [0, 0.05) is 29.6 Å². The highest BCUT2D eigenvalue weighted by Crippen LogP contribution is 2.37. The number of carbonyl (C=O) groups is 2. The highest BCUT2D eigenvalue weighted by atomic mass is 32.2. The number of benzene rings is 3. The highest BCUT2D eigenvalue weighted by molar-refractivity contribution is 8.00. The Morgan fingerprint density at radius 1 is 0.806 bits per heavy atom. The first-order valence-electron chi connectivity index (χ1n) is 10.6. The molecule has 0 aliphatic carbocycles. The maximum absolute atomic E-state index is 13.5. The summed E-state index contributed by atoms with van der Waals surface area (Å²) in [5.74, 6) is 0.0831. The van der Waals surface area contributed by atoms with E-state index in [1.165, 1.54) is 0 Å². The van der Waals surface area contributed by atoms with Crippen molar-refractivity contribution >= 4 is 29.3 Å². The van der Waals surface area contributed by atoms with E-state index in [4.69, 9.17) is 0 Å². The average molecular weight is 431 g/mol. The molecule has 1 aliphatic rings. The molecule has 1 atom stereocenters. The van der Waals surface area contributed by atoms with Crippen LogP contribution in [0, 0.1) is 5.92 Å². The number of nitrogens with one attached hydrogen (secondary N) is 1. The molecule has 0 bridgehead atoms. The van der Waals surface area contributed by atoms with E-state index in [-0.39, 0.29) is 23.0 Å². The lowest BCUT2D eigenvalue weighted by Gasteiger charge is -2.33. The molecule has 1 N–H and O–H groups in total. The molecule has 0 aromatic heterocycles. The van der Waals surface area contributed by atoms with Crippen LogP contribution in [0.2, 0.25) is 0 Å². The molecule has 0 saturated carbocycles. The molecule has 4 rings (SSSR count). The lowest BCUT2D eigenvalue weighted by molar-refractivity contribution is -0.134. The van der Waals surface area contributed by atoms with Gasteiger partial charge in [-0.1, -0.05) is 66.7 Å². The van der Waals surface area contributed by atoms with E-state index in [0.717, 1.165) is 16.1 Å². The summed E-state index contributed by atoms with van der Waals surface area (Å²) in [5, 5.41) is 2.70. The van der Waals surface area contributed by atoms with Gasteiger partial charge in [0.25, 0.3) is 0 Å². The summed E-state index contributed by atoms with van der Waals surface area (Å²) in [6.45, 7) is 1.20. The number of hydrogen-bond donors (Lipinski definition) is 1. The van der Waals surface area contributed by atoms with Gasteiger partial charge in [-0.15, -0.1) is 11.8 Å². The molecule has 1 aliphatic heterocycles. The normalized spacial score (nSPS) is 15.3. The van der Waals surface area contributed by atoms with E-state index < -0.39 is 0 Å². The molecule has 1 fully saturated rings. The van der Waals surface area contributed by atoms with Crippen LogP contribution >= 0.6 is 11.8 Å². The quantitative estimate of drug-likeness (QED) is 0.533. The van der Waals surface area contributed by atoms with Crippen LogP contribution < -0.4 is 5.32 Å². The molecule has 2 amide bonds. The Balaban J connectivity index is 1.41. The van der Waals surface area contributed by atoms with Crippen molar-refractivity contribution in [3.05, 3.63) is 96.6 Å². The average Bonchev–Trinajstić information content (AvgIpc) is 2.84. The fraction of sp³-hybridized carbons (Fsp3) is 0.231. The molecule has 0 radical (unpaired) electrons. The fourth-order valence-electron chi connectivity index (χ4n) is 3.82. The van der Waals surface area contributed by atoms with E-state index in [9.17, 15) is 9.59 Å². The van der Waals surface area contributed by atoms with Gasteiger partial charge >= 0.3 is 0 Å². The molecule has 3 aromatic carbocycles. The molecule has 3 aromatic rings. The van der Waals surface area contributed by atoms with Gasteiger partial charge in [0.05, 0.1) is 0 Å². The number of para-hydroxylation sites is 1. The third-order valence-corrected chi connectivity index (χ3v) is 6.80. The number of amides is 2. The summed E-state index contributed by atoms with van der Waals surface area (Å²) in [4.78, 5) is 29.1. The number of thioether (sulfide) groups is 1. The van der Waals surface area contributed by atoms with Gasteiger partial charge in [-0.3, -0.25) is 9.59 Å². The van der Waals surface area contributed by atoms with Crippen molar-refractivity contribution in [3.63, 3.8) is 0 Å². The first kappa shape index (κ1) is 21.2. The number of rotatable bonds is 6. The monoisotopic (exact) mass is 430 g/mol. The zero-order chi connectivity index (χ0) is 21.5. The summed E-state index contributed by atoms with van der Waals surface area (Å²) < 4.78 is 0. The fourth-order valence-corrected chi connectivity index (χ4v) is 4.95. The molecule has 1 heterocycles. The number of anilines is 1. The molecule has 31 heavy (non-hydrogen) atoms. The minimum atomic E-state index is -0.293. The lowest BCUT2D eigenvalue weighted by atomic mass is 9.95. The zero-order valence-electron chi connectivity index (χ0n) is 17.3. The Morgan fingerprint density at radius 3 is 1.97 bits per heavy atom. The standard InChI is InChI=1S/C26H26N2O2S/c29-25(27-22-12-6-2-7-13-22)21-16-18-28(19-17-21)26(30)24(20-10-4-1-5-11-20)31-23-14-8-3-9-15-23/h1-15,21,24H,16-19H2,(H,27,29). The van der Waals surface area contributed by atoms with E-state index in [0.29, 0.717) is 25.9 Å².